The fourth-order valence-electron chi connectivity index (χ4n) is 4.98. The highest BCUT2D eigenvalue weighted by atomic mass is 35.5. The second-order valence-electron chi connectivity index (χ2n) is 9.81. The third-order valence-electron chi connectivity index (χ3n) is 6.97. The fraction of sp³-hybridized carbons (Fsp3) is 0.194. The molecule has 0 saturated carbocycles. The molecule has 8 heteroatoms. The van der Waals surface area contributed by atoms with Gasteiger partial charge in [-0.05, 0) is 59.5 Å². The zero-order valence-electron chi connectivity index (χ0n) is 21.1. The Hall–Kier alpha value is -4.36. The van der Waals surface area contributed by atoms with Crippen LogP contribution in [0.1, 0.15) is 57.1 Å². The number of aromatic hydroxyl groups is 5. The van der Waals surface area contributed by atoms with E-state index in [9.17, 15) is 30.3 Å². The maximum Gasteiger partial charge on any atom is 0.174 e. The minimum absolute atomic E-state index is 0.0186. The number of para-hydroxylation sites is 1. The molecule has 1 aliphatic heterocycles. The largest absolute Gasteiger partial charge is 0.508 e. The minimum atomic E-state index is -0.457. The number of rotatable bonds is 6. The van der Waals surface area contributed by atoms with Crippen LogP contribution >= 0.6 is 11.6 Å². The van der Waals surface area contributed by atoms with Crippen molar-refractivity contribution < 1.29 is 35.1 Å². The predicted molar refractivity (Wildman–Crippen MR) is 147 cm³/mol. The van der Waals surface area contributed by atoms with Crippen LogP contribution in [0.25, 0.3) is 0 Å². The van der Waals surface area contributed by atoms with Gasteiger partial charge in [0.15, 0.2) is 5.78 Å². The van der Waals surface area contributed by atoms with E-state index in [1.54, 1.807) is 49.4 Å². The molecule has 1 atom stereocenters. The van der Waals surface area contributed by atoms with E-state index in [-0.39, 0.29) is 70.5 Å². The van der Waals surface area contributed by atoms with Crippen molar-refractivity contribution in [1.82, 2.24) is 0 Å². The molecule has 200 valence electrons. The molecule has 0 amide bonds. The summed E-state index contributed by atoms with van der Waals surface area (Å²) in [4.78, 5) is 13.0. The van der Waals surface area contributed by atoms with E-state index in [2.05, 4.69) is 0 Å². The van der Waals surface area contributed by atoms with E-state index in [1.165, 1.54) is 18.2 Å². The molecule has 0 fully saturated rings. The molecule has 0 aliphatic carbocycles. The first-order valence-electron chi connectivity index (χ1n) is 12.5. The van der Waals surface area contributed by atoms with Gasteiger partial charge >= 0.3 is 0 Å². The van der Waals surface area contributed by atoms with Gasteiger partial charge in [0.1, 0.15) is 46.2 Å². The first-order valence-corrected chi connectivity index (χ1v) is 12.8. The SMILES string of the molecule is CC1CC(=O)c2c(O)c(Cc3cc(Cc4cc(Cl)ccc4O)ccc3O)c(O)c(Cc3ccccc3O)c2O1. The van der Waals surface area contributed by atoms with Crippen LogP contribution in [-0.2, 0) is 19.3 Å². The number of benzene rings is 4. The van der Waals surface area contributed by atoms with Crippen molar-refractivity contribution in [2.24, 2.45) is 0 Å². The van der Waals surface area contributed by atoms with Gasteiger partial charge in [-0.3, -0.25) is 4.79 Å². The molecule has 7 nitrogen and oxygen atoms in total. The summed E-state index contributed by atoms with van der Waals surface area (Å²) >= 11 is 6.08. The smallest absolute Gasteiger partial charge is 0.174 e. The van der Waals surface area contributed by atoms with E-state index < -0.39 is 11.9 Å². The van der Waals surface area contributed by atoms with Crippen molar-refractivity contribution in [1.29, 1.82) is 0 Å². The van der Waals surface area contributed by atoms with Gasteiger partial charge in [-0.15, -0.1) is 0 Å². The number of phenolic OH excluding ortho intramolecular Hbond substituents is 5. The lowest BCUT2D eigenvalue weighted by Gasteiger charge is -2.28. The lowest BCUT2D eigenvalue weighted by atomic mass is 9.88. The average Bonchev–Trinajstić information content (AvgIpc) is 2.89. The third kappa shape index (κ3) is 5.18. The molecule has 1 heterocycles. The van der Waals surface area contributed by atoms with E-state index in [4.69, 9.17) is 16.3 Å². The first kappa shape index (κ1) is 26.3. The Kier molecular flexibility index (Phi) is 7.02. The third-order valence-corrected chi connectivity index (χ3v) is 7.21. The zero-order valence-corrected chi connectivity index (χ0v) is 21.9. The second-order valence-corrected chi connectivity index (χ2v) is 10.2. The van der Waals surface area contributed by atoms with E-state index >= 15 is 0 Å². The molecule has 4 aromatic carbocycles. The summed E-state index contributed by atoms with van der Waals surface area (Å²) in [6.45, 7) is 1.73. The van der Waals surface area contributed by atoms with Crippen LogP contribution in [0.2, 0.25) is 5.02 Å². The second kappa shape index (κ2) is 10.4. The topological polar surface area (TPSA) is 127 Å². The lowest BCUT2D eigenvalue weighted by Crippen LogP contribution is -2.25. The quantitative estimate of drug-likeness (QED) is 0.201. The van der Waals surface area contributed by atoms with Crippen molar-refractivity contribution in [2.75, 3.05) is 0 Å². The number of fused-ring (bicyclic) bond motifs is 1. The maximum absolute atomic E-state index is 13.0. The molecule has 1 unspecified atom stereocenters. The highest BCUT2D eigenvalue weighted by Crippen LogP contribution is 2.48. The molecule has 0 radical (unpaired) electrons. The highest BCUT2D eigenvalue weighted by molar-refractivity contribution is 6.30. The predicted octanol–water partition coefficient (Wildman–Crippen LogP) is 5.99. The lowest BCUT2D eigenvalue weighted by molar-refractivity contribution is 0.0863. The fourth-order valence-corrected chi connectivity index (χ4v) is 5.18. The summed E-state index contributed by atoms with van der Waals surface area (Å²) in [5.74, 6) is -0.883. The minimum Gasteiger partial charge on any atom is -0.508 e. The first-order chi connectivity index (χ1) is 18.6. The highest BCUT2D eigenvalue weighted by Gasteiger charge is 2.34. The molecule has 0 bridgehead atoms. The molecular weight excluding hydrogens is 520 g/mol. The summed E-state index contributed by atoms with van der Waals surface area (Å²) in [7, 11) is 0. The molecular formula is C31H27ClO7. The number of carbonyl (C=O) groups is 1. The van der Waals surface area contributed by atoms with Crippen LogP contribution in [0.3, 0.4) is 0 Å². The summed E-state index contributed by atoms with van der Waals surface area (Å²) in [6, 6.07) is 16.3. The monoisotopic (exact) mass is 546 g/mol. The number of hydrogen-bond donors (Lipinski definition) is 5. The standard InChI is InChI=1S/C31H27ClO7/c1-16-10-27(36)28-30(38)22(29(37)23(31(28)39-16)14-18-4-2-3-5-24(18)33)15-20-12-17(6-8-25(20)34)11-19-13-21(32)7-9-26(19)35/h2-9,12-13,16,33-35,37-38H,10-11,14-15H2,1H3. The van der Waals surface area contributed by atoms with Crippen LogP contribution in [0, 0.1) is 0 Å². The Morgan fingerprint density at radius 1 is 0.769 bits per heavy atom. The zero-order chi connectivity index (χ0) is 27.8. The van der Waals surface area contributed by atoms with E-state index in [0.717, 1.165) is 5.56 Å². The molecule has 5 rings (SSSR count). The van der Waals surface area contributed by atoms with Gasteiger partial charge in [-0.25, -0.2) is 0 Å². The van der Waals surface area contributed by atoms with Crippen molar-refractivity contribution in [3.05, 3.63) is 105 Å². The van der Waals surface area contributed by atoms with Gasteiger partial charge < -0.3 is 30.3 Å². The Morgan fingerprint density at radius 2 is 1.41 bits per heavy atom. The maximum atomic E-state index is 13.0. The van der Waals surface area contributed by atoms with Crippen LogP contribution < -0.4 is 4.74 Å². The number of Topliss-reactive ketones (excluding diaryl/α,β-unsaturated/α-hetero) is 1. The number of halogens is 1. The van der Waals surface area contributed by atoms with Crippen LogP contribution in [0.5, 0.6) is 34.5 Å². The summed E-state index contributed by atoms with van der Waals surface area (Å²) in [5.41, 5.74) is 2.55. The van der Waals surface area contributed by atoms with Gasteiger partial charge in [-0.1, -0.05) is 41.9 Å². The number of ketones is 1. The van der Waals surface area contributed by atoms with E-state index in [0.29, 0.717) is 28.1 Å². The van der Waals surface area contributed by atoms with E-state index in [1.807, 2.05) is 0 Å². The number of ether oxygens (including phenoxy) is 1. The number of hydrogen-bond acceptors (Lipinski definition) is 7. The van der Waals surface area contributed by atoms with Crippen LogP contribution in [-0.4, -0.2) is 37.4 Å². The molecule has 1 aliphatic rings. The Labute approximate surface area is 230 Å². The molecule has 0 spiro atoms. The number of phenols is 5. The normalized spacial score (nSPS) is 14.6. The van der Waals surface area contributed by atoms with Gasteiger partial charge in [0.05, 0.1) is 0 Å². The molecule has 0 aromatic heterocycles. The molecule has 5 N–H and O–H groups in total. The summed E-state index contributed by atoms with van der Waals surface area (Å²) < 4.78 is 5.94. The molecule has 4 aromatic rings. The molecule has 39 heavy (non-hydrogen) atoms. The molecule has 0 saturated heterocycles. The summed E-state index contributed by atoms with van der Waals surface area (Å²) in [5, 5.41) is 54.3. The van der Waals surface area contributed by atoms with Gasteiger partial charge in [0.25, 0.3) is 0 Å². The average molecular weight is 547 g/mol. The summed E-state index contributed by atoms with van der Waals surface area (Å²) in [6.07, 6.45) is -0.118. The van der Waals surface area contributed by atoms with Crippen molar-refractivity contribution in [3.8, 4) is 34.5 Å². The Morgan fingerprint density at radius 3 is 2.15 bits per heavy atom. The Bertz CT molecular complexity index is 1590. The van der Waals surface area contributed by atoms with Crippen molar-refractivity contribution in [2.45, 2.75) is 38.7 Å². The Balaban J connectivity index is 1.59. The van der Waals surface area contributed by atoms with Crippen LogP contribution in [0.15, 0.2) is 60.7 Å². The van der Waals surface area contributed by atoms with Gasteiger partial charge in [0, 0.05) is 41.8 Å². The van der Waals surface area contributed by atoms with Crippen molar-refractivity contribution in [3.63, 3.8) is 0 Å². The van der Waals surface area contributed by atoms with Gasteiger partial charge in [0.2, 0.25) is 0 Å². The van der Waals surface area contributed by atoms with Crippen molar-refractivity contribution >= 4 is 17.4 Å². The van der Waals surface area contributed by atoms with Crippen LogP contribution in [0.4, 0.5) is 0 Å². The van der Waals surface area contributed by atoms with Gasteiger partial charge in [-0.2, -0.15) is 0 Å². The number of carbonyl (C=O) groups excluding carboxylic acids is 1.